The van der Waals surface area contributed by atoms with Gasteiger partial charge in [-0.25, -0.2) is 9.97 Å². The van der Waals surface area contributed by atoms with Crippen molar-refractivity contribution in [3.8, 4) is 10.4 Å². The minimum atomic E-state index is 0.545. The van der Waals surface area contributed by atoms with Gasteiger partial charge in [0.25, 0.3) is 0 Å². The SMILES string of the molecule is c1ccc2sc(-c3cnc(NC4CCCCC4)nc3)cc2c1. The third-order valence-corrected chi connectivity index (χ3v) is 5.47. The molecule has 22 heavy (non-hydrogen) atoms. The maximum absolute atomic E-state index is 4.50. The van der Waals surface area contributed by atoms with Crippen LogP contribution < -0.4 is 5.32 Å². The molecular formula is C18H19N3S. The van der Waals surface area contributed by atoms with Crippen LogP contribution in [0, 0.1) is 0 Å². The van der Waals surface area contributed by atoms with Crippen LogP contribution in [0.3, 0.4) is 0 Å². The van der Waals surface area contributed by atoms with Gasteiger partial charge in [0.05, 0.1) is 0 Å². The molecule has 0 aliphatic heterocycles. The van der Waals surface area contributed by atoms with E-state index in [1.165, 1.54) is 47.1 Å². The van der Waals surface area contributed by atoms with Crippen molar-refractivity contribution in [3.63, 3.8) is 0 Å². The standard InChI is InChI=1S/C18H19N3S/c1-2-7-15(8-3-1)21-18-19-11-14(12-20-18)17-10-13-6-4-5-9-16(13)22-17/h4-6,9-12,15H,1-3,7-8H2,(H,19,20,21). The second-order valence-corrected chi connectivity index (χ2v) is 7.01. The molecule has 1 aliphatic rings. The largest absolute Gasteiger partial charge is 0.351 e. The highest BCUT2D eigenvalue weighted by atomic mass is 32.1. The summed E-state index contributed by atoms with van der Waals surface area (Å²) in [5, 5.41) is 4.75. The molecular weight excluding hydrogens is 290 g/mol. The summed E-state index contributed by atoms with van der Waals surface area (Å²) in [4.78, 5) is 10.2. The van der Waals surface area contributed by atoms with Crippen LogP contribution in [0.15, 0.2) is 42.7 Å². The monoisotopic (exact) mass is 309 g/mol. The third-order valence-electron chi connectivity index (χ3n) is 4.30. The topological polar surface area (TPSA) is 37.8 Å². The first kappa shape index (κ1) is 13.7. The van der Waals surface area contributed by atoms with Crippen LogP contribution in [-0.4, -0.2) is 16.0 Å². The summed E-state index contributed by atoms with van der Waals surface area (Å²) >= 11 is 1.79. The molecule has 1 saturated carbocycles. The van der Waals surface area contributed by atoms with E-state index in [1.54, 1.807) is 11.3 Å². The fraction of sp³-hybridized carbons (Fsp3) is 0.333. The molecule has 3 nitrogen and oxygen atoms in total. The van der Waals surface area contributed by atoms with E-state index in [2.05, 4.69) is 45.6 Å². The molecule has 2 heterocycles. The molecule has 0 radical (unpaired) electrons. The van der Waals surface area contributed by atoms with Crippen LogP contribution in [0.5, 0.6) is 0 Å². The predicted molar refractivity (Wildman–Crippen MR) is 93.3 cm³/mol. The minimum Gasteiger partial charge on any atom is -0.351 e. The highest BCUT2D eigenvalue weighted by molar-refractivity contribution is 7.22. The van der Waals surface area contributed by atoms with Crippen molar-refractivity contribution in [1.82, 2.24) is 9.97 Å². The van der Waals surface area contributed by atoms with Gasteiger partial charge >= 0.3 is 0 Å². The zero-order valence-corrected chi connectivity index (χ0v) is 13.3. The molecule has 112 valence electrons. The number of rotatable bonds is 3. The first-order valence-corrected chi connectivity index (χ1v) is 8.78. The van der Waals surface area contributed by atoms with E-state index in [9.17, 15) is 0 Å². The van der Waals surface area contributed by atoms with Crippen molar-refractivity contribution in [2.24, 2.45) is 0 Å². The maximum Gasteiger partial charge on any atom is 0.222 e. The molecule has 1 aliphatic carbocycles. The average molecular weight is 309 g/mol. The Bertz CT molecular complexity index is 724. The lowest BCUT2D eigenvalue weighted by Crippen LogP contribution is -2.23. The van der Waals surface area contributed by atoms with Crippen LogP contribution in [-0.2, 0) is 0 Å². The van der Waals surface area contributed by atoms with E-state index in [1.807, 2.05) is 12.4 Å². The number of hydrogen-bond donors (Lipinski definition) is 1. The lowest BCUT2D eigenvalue weighted by Gasteiger charge is -2.22. The summed E-state index contributed by atoms with van der Waals surface area (Å²) in [5.41, 5.74) is 1.09. The van der Waals surface area contributed by atoms with Crippen LogP contribution in [0.25, 0.3) is 20.5 Å². The number of nitrogens with zero attached hydrogens (tertiary/aromatic N) is 2. The second kappa shape index (κ2) is 6.05. The number of anilines is 1. The zero-order chi connectivity index (χ0) is 14.8. The van der Waals surface area contributed by atoms with E-state index in [4.69, 9.17) is 0 Å². The van der Waals surface area contributed by atoms with Gasteiger partial charge in [0.2, 0.25) is 5.95 Å². The molecule has 3 aromatic rings. The number of aromatic nitrogens is 2. The Labute approximate surface area is 134 Å². The van der Waals surface area contributed by atoms with Crippen LogP contribution >= 0.6 is 11.3 Å². The van der Waals surface area contributed by atoms with Crippen molar-refractivity contribution in [2.75, 3.05) is 5.32 Å². The number of fused-ring (bicyclic) bond motifs is 1. The van der Waals surface area contributed by atoms with Crippen molar-refractivity contribution in [2.45, 2.75) is 38.1 Å². The van der Waals surface area contributed by atoms with Gasteiger partial charge in [0, 0.05) is 33.6 Å². The number of hydrogen-bond acceptors (Lipinski definition) is 4. The van der Waals surface area contributed by atoms with E-state index in [0.29, 0.717) is 6.04 Å². The highest BCUT2D eigenvalue weighted by Crippen LogP contribution is 2.32. The highest BCUT2D eigenvalue weighted by Gasteiger charge is 2.14. The summed E-state index contributed by atoms with van der Waals surface area (Å²) in [6.45, 7) is 0. The Kier molecular flexibility index (Phi) is 3.77. The molecule has 2 aromatic heterocycles. The number of nitrogens with one attached hydrogen (secondary N) is 1. The van der Waals surface area contributed by atoms with Crippen molar-refractivity contribution in [1.29, 1.82) is 0 Å². The number of thiophene rings is 1. The van der Waals surface area contributed by atoms with E-state index >= 15 is 0 Å². The van der Waals surface area contributed by atoms with Crippen molar-refractivity contribution < 1.29 is 0 Å². The Morgan fingerprint density at radius 1 is 1.00 bits per heavy atom. The minimum absolute atomic E-state index is 0.545. The van der Waals surface area contributed by atoms with Gasteiger partial charge in [0.15, 0.2) is 0 Å². The lowest BCUT2D eigenvalue weighted by molar-refractivity contribution is 0.461. The molecule has 1 aromatic carbocycles. The Morgan fingerprint density at radius 3 is 2.55 bits per heavy atom. The molecule has 0 spiro atoms. The van der Waals surface area contributed by atoms with E-state index in [0.717, 1.165) is 11.5 Å². The molecule has 0 unspecified atom stereocenters. The Hall–Kier alpha value is -1.94. The van der Waals surface area contributed by atoms with Gasteiger partial charge in [-0.05, 0) is 30.4 Å². The van der Waals surface area contributed by atoms with E-state index < -0.39 is 0 Å². The summed E-state index contributed by atoms with van der Waals surface area (Å²) in [6.07, 6.45) is 10.3. The maximum atomic E-state index is 4.50. The lowest BCUT2D eigenvalue weighted by atomic mass is 9.96. The average Bonchev–Trinajstić information content (AvgIpc) is 3.00. The Balaban J connectivity index is 1.53. The van der Waals surface area contributed by atoms with Crippen LogP contribution in [0.1, 0.15) is 32.1 Å². The summed E-state index contributed by atoms with van der Waals surface area (Å²) in [5.74, 6) is 0.761. The fourth-order valence-corrected chi connectivity index (χ4v) is 4.12. The van der Waals surface area contributed by atoms with Gasteiger partial charge in [-0.15, -0.1) is 11.3 Å². The Morgan fingerprint density at radius 2 is 1.77 bits per heavy atom. The zero-order valence-electron chi connectivity index (χ0n) is 12.5. The third kappa shape index (κ3) is 2.83. The molecule has 0 amide bonds. The van der Waals surface area contributed by atoms with Gasteiger partial charge in [0.1, 0.15) is 0 Å². The summed E-state index contributed by atoms with van der Waals surface area (Å²) in [6, 6.07) is 11.2. The predicted octanol–water partition coefficient (Wildman–Crippen LogP) is 5.10. The molecule has 0 bridgehead atoms. The molecule has 0 saturated heterocycles. The van der Waals surface area contributed by atoms with Gasteiger partial charge < -0.3 is 5.32 Å². The fourth-order valence-electron chi connectivity index (χ4n) is 3.08. The van der Waals surface area contributed by atoms with Crippen LogP contribution in [0.4, 0.5) is 5.95 Å². The normalized spacial score (nSPS) is 16.0. The quantitative estimate of drug-likeness (QED) is 0.731. The van der Waals surface area contributed by atoms with Gasteiger partial charge in [-0.1, -0.05) is 37.5 Å². The second-order valence-electron chi connectivity index (χ2n) is 5.92. The van der Waals surface area contributed by atoms with Crippen molar-refractivity contribution >= 4 is 27.4 Å². The molecule has 4 rings (SSSR count). The first-order chi connectivity index (χ1) is 10.9. The van der Waals surface area contributed by atoms with Crippen molar-refractivity contribution in [3.05, 3.63) is 42.7 Å². The first-order valence-electron chi connectivity index (χ1n) is 7.96. The number of benzene rings is 1. The summed E-state index contributed by atoms with van der Waals surface area (Å²) < 4.78 is 1.31. The molecule has 1 N–H and O–H groups in total. The molecule has 1 fully saturated rings. The molecule has 4 heteroatoms. The van der Waals surface area contributed by atoms with Gasteiger partial charge in [-0.2, -0.15) is 0 Å². The van der Waals surface area contributed by atoms with Gasteiger partial charge in [-0.3, -0.25) is 0 Å². The van der Waals surface area contributed by atoms with Crippen LogP contribution in [0.2, 0.25) is 0 Å². The smallest absolute Gasteiger partial charge is 0.222 e. The molecule has 0 atom stereocenters. The van der Waals surface area contributed by atoms with E-state index in [-0.39, 0.29) is 0 Å². The summed E-state index contributed by atoms with van der Waals surface area (Å²) in [7, 11) is 0.